The lowest BCUT2D eigenvalue weighted by Crippen LogP contribution is -2.34. The fraction of sp³-hybridized carbons (Fsp3) is 0.327. The summed E-state index contributed by atoms with van der Waals surface area (Å²) in [4.78, 5) is 32.5. The Morgan fingerprint density at radius 1 is 0.700 bits per heavy atom. The molecule has 70 heavy (non-hydrogen) atoms. The van der Waals surface area contributed by atoms with Gasteiger partial charge in [-0.1, -0.05) is 65.1 Å². The van der Waals surface area contributed by atoms with Crippen LogP contribution >= 0.6 is 100 Å². The van der Waals surface area contributed by atoms with Crippen LogP contribution in [0.5, 0.6) is 23.0 Å². The van der Waals surface area contributed by atoms with Gasteiger partial charge in [0.15, 0.2) is 0 Å². The van der Waals surface area contributed by atoms with Crippen molar-refractivity contribution in [2.45, 2.75) is 50.6 Å². The molecule has 0 unspecified atom stereocenters. The molecule has 13 nitrogen and oxygen atoms in total. The third-order valence-corrected chi connectivity index (χ3v) is 13.4. The van der Waals surface area contributed by atoms with Crippen LogP contribution in [0.3, 0.4) is 0 Å². The Balaban J connectivity index is 0.000000352. The minimum atomic E-state index is -0.147. The van der Waals surface area contributed by atoms with Crippen molar-refractivity contribution in [1.29, 1.82) is 10.5 Å². The van der Waals surface area contributed by atoms with Gasteiger partial charge < -0.3 is 29.2 Å². The van der Waals surface area contributed by atoms with E-state index in [4.69, 9.17) is 85.8 Å². The number of nitrogens with one attached hydrogen (secondary N) is 1. The number of rotatable bonds is 13. The molecule has 0 radical (unpaired) electrons. The van der Waals surface area contributed by atoms with E-state index < -0.39 is 0 Å². The molecule has 2 fully saturated rings. The van der Waals surface area contributed by atoms with Gasteiger partial charge in [0.1, 0.15) is 34.6 Å². The number of ether oxygens (including phenoxy) is 4. The van der Waals surface area contributed by atoms with Crippen LogP contribution in [0.4, 0.5) is 0 Å². The maximum absolute atomic E-state index is 12.2. The number of benzene rings is 4. The number of carbonyl (C=O) groups excluding carboxylic acids is 1. The van der Waals surface area contributed by atoms with Crippen LogP contribution in [-0.2, 0) is 17.6 Å². The molecule has 2 aliphatic rings. The maximum atomic E-state index is 12.2. The van der Waals surface area contributed by atoms with Crippen LogP contribution in [0, 0.1) is 34.5 Å². The van der Waals surface area contributed by atoms with Crippen LogP contribution in [0.2, 0.25) is 20.1 Å². The van der Waals surface area contributed by atoms with E-state index in [0.717, 1.165) is 64.6 Å². The molecule has 0 bridgehead atoms. The fourth-order valence-corrected chi connectivity index (χ4v) is 10.1. The molecule has 4 heterocycles. The van der Waals surface area contributed by atoms with E-state index in [9.17, 15) is 4.79 Å². The minimum absolute atomic E-state index is 0. The summed E-state index contributed by atoms with van der Waals surface area (Å²) in [7, 11) is 6.17. The number of likely N-dealkylation sites (tertiary alicyclic amines) is 1. The number of carbonyl (C=O) groups is 1. The van der Waals surface area contributed by atoms with E-state index in [-0.39, 0.29) is 77.9 Å². The van der Waals surface area contributed by atoms with E-state index in [1.165, 1.54) is 20.3 Å². The number of methoxy groups -OCH3 is 4. The Kier molecular flexibility index (Phi) is 23.3. The third kappa shape index (κ3) is 13.3. The standard InChI is InChI=1S/C26H24Cl2N4O3.C23H22Cl2N4O2.4H2S/c1-4-23(33)32-14-15(9-18(32)7-8-29)10-22-30-13-17-11-16(5-6-19(17)31-22)24-25(27)20(34-2)12-21(35-3)26(24)28;1-30-18-10-19(31-2)23(25)21(22(18)24)14-3-4-17-15(9-14)12-28-20(29-17)8-13-7-16(5-6-26)27-11-13;;;;/h4-6,11-13,15,18H,1,7,9-10,14H2,2-3H3;3-4,9-10,12-13,16,27H,5,7-8,11H2,1-2H3;4*1H2/t15-,18-;13-,16-;;;;/m11..../s1. The van der Waals surface area contributed by atoms with Crippen molar-refractivity contribution in [2.75, 3.05) is 41.5 Å². The summed E-state index contributed by atoms with van der Waals surface area (Å²) in [5.41, 5.74) is 4.51. The number of hydrogen-bond acceptors (Lipinski definition) is 12. The third-order valence-electron chi connectivity index (χ3n) is 11.9. The second-order valence-corrected chi connectivity index (χ2v) is 17.5. The first-order valence-electron chi connectivity index (χ1n) is 21.1. The number of hydrogen-bond donors (Lipinski definition) is 1. The Labute approximate surface area is 456 Å². The second kappa shape index (κ2) is 27.3. The molecule has 2 saturated heterocycles. The summed E-state index contributed by atoms with van der Waals surface area (Å²) in [6.07, 6.45) is 8.86. The lowest BCUT2D eigenvalue weighted by Gasteiger charge is -2.20. The zero-order valence-corrected chi connectivity index (χ0v) is 45.7. The summed E-state index contributed by atoms with van der Waals surface area (Å²) in [5, 5.41) is 24.7. The fourth-order valence-electron chi connectivity index (χ4n) is 8.62. The van der Waals surface area contributed by atoms with Crippen molar-refractivity contribution in [2.24, 2.45) is 11.8 Å². The number of nitrogens with zero attached hydrogens (tertiary/aromatic N) is 7. The van der Waals surface area contributed by atoms with Gasteiger partial charge in [0.05, 0.1) is 84.5 Å². The van der Waals surface area contributed by atoms with Gasteiger partial charge in [-0.05, 0) is 72.7 Å². The first-order chi connectivity index (χ1) is 31.9. The smallest absolute Gasteiger partial charge is 0.246 e. The SMILES string of the molecule is C=CC(=O)N1C[C@@H](Cc2ncc3cc(-c4c(Cl)c(OC)cc(OC)c4Cl)ccc3n2)C[C@H]1CC#N.COc1cc(OC)c(Cl)c(-c2ccc3nc(C[C@@H]4CN[C@H](CC#N)C4)ncc3c2)c1Cl.S.S.S.S. The van der Waals surface area contributed by atoms with Crippen LogP contribution in [-0.4, -0.2) is 84.4 Å². The van der Waals surface area contributed by atoms with Crippen molar-refractivity contribution in [1.82, 2.24) is 30.2 Å². The normalized spacial score (nSPS) is 16.7. The molecule has 2 aromatic heterocycles. The van der Waals surface area contributed by atoms with Crippen molar-refractivity contribution >= 4 is 128 Å². The molecule has 21 heteroatoms. The van der Waals surface area contributed by atoms with Gasteiger partial charge in [0.25, 0.3) is 0 Å². The lowest BCUT2D eigenvalue weighted by molar-refractivity contribution is -0.126. The van der Waals surface area contributed by atoms with E-state index >= 15 is 0 Å². The van der Waals surface area contributed by atoms with E-state index in [2.05, 4.69) is 34.0 Å². The summed E-state index contributed by atoms with van der Waals surface area (Å²) >= 11 is 26.3. The molecule has 4 atom stereocenters. The summed E-state index contributed by atoms with van der Waals surface area (Å²) < 4.78 is 21.5. The molecule has 0 spiro atoms. The van der Waals surface area contributed by atoms with Gasteiger partial charge in [-0.3, -0.25) is 4.79 Å². The van der Waals surface area contributed by atoms with Crippen molar-refractivity contribution in [3.05, 3.63) is 105 Å². The predicted molar refractivity (Wildman–Crippen MR) is 299 cm³/mol. The van der Waals surface area contributed by atoms with E-state index in [1.807, 2.05) is 42.6 Å². The van der Waals surface area contributed by atoms with Crippen LogP contribution in [0.25, 0.3) is 44.1 Å². The first-order valence-corrected chi connectivity index (χ1v) is 22.6. The Hall–Kier alpha value is -4.53. The van der Waals surface area contributed by atoms with Gasteiger partial charge in [-0.25, -0.2) is 19.9 Å². The Morgan fingerprint density at radius 2 is 1.14 bits per heavy atom. The monoisotopic (exact) mass is 1100 g/mol. The number of aromatic nitrogens is 4. The highest BCUT2D eigenvalue weighted by Gasteiger charge is 2.34. The van der Waals surface area contributed by atoms with Gasteiger partial charge in [-0.2, -0.15) is 64.5 Å². The Morgan fingerprint density at radius 3 is 1.56 bits per heavy atom. The average Bonchev–Trinajstić information content (AvgIpc) is 3.95. The first kappa shape index (κ1) is 59.8. The molecule has 372 valence electrons. The number of amides is 1. The molecule has 4 aromatic carbocycles. The quantitative estimate of drug-likeness (QED) is 0.109. The van der Waals surface area contributed by atoms with E-state index in [1.54, 1.807) is 37.4 Å². The molecular weight excluding hydrogens is 1050 g/mol. The molecule has 2 aliphatic heterocycles. The zero-order valence-electron chi connectivity index (χ0n) is 38.7. The number of halogens is 4. The topological polar surface area (TPSA) is 168 Å². The van der Waals surface area contributed by atoms with Gasteiger partial charge in [0, 0.05) is 77.9 Å². The van der Waals surface area contributed by atoms with Crippen LogP contribution < -0.4 is 24.3 Å². The van der Waals surface area contributed by atoms with Crippen molar-refractivity contribution in [3.63, 3.8) is 0 Å². The Bertz CT molecular complexity index is 2850. The molecule has 1 amide bonds. The van der Waals surface area contributed by atoms with Crippen molar-refractivity contribution in [3.8, 4) is 57.4 Å². The molecule has 1 N–H and O–H groups in total. The highest BCUT2D eigenvalue weighted by atomic mass is 35.5. The highest BCUT2D eigenvalue weighted by molar-refractivity contribution is 7.59. The summed E-state index contributed by atoms with van der Waals surface area (Å²) in [6.45, 7) is 5.02. The van der Waals surface area contributed by atoms with Crippen molar-refractivity contribution < 1.29 is 23.7 Å². The number of nitriles is 2. The van der Waals surface area contributed by atoms with Crippen LogP contribution in [0.1, 0.15) is 37.3 Å². The molecular formula is C49H54Cl4N8O5S4. The van der Waals surface area contributed by atoms with Gasteiger partial charge in [-0.15, -0.1) is 0 Å². The van der Waals surface area contributed by atoms with Crippen LogP contribution in [0.15, 0.2) is 73.6 Å². The predicted octanol–water partition coefficient (Wildman–Crippen LogP) is 11.0. The van der Waals surface area contributed by atoms with Gasteiger partial charge >= 0.3 is 0 Å². The second-order valence-electron chi connectivity index (χ2n) is 16.0. The zero-order chi connectivity index (χ0) is 47.1. The summed E-state index contributed by atoms with van der Waals surface area (Å²) in [6, 6.07) is 19.5. The molecule has 8 rings (SSSR count). The molecule has 0 saturated carbocycles. The minimum Gasteiger partial charge on any atom is -0.495 e. The average molecular weight is 1110 g/mol. The molecule has 6 aromatic rings. The molecule has 0 aliphatic carbocycles. The maximum Gasteiger partial charge on any atom is 0.246 e. The highest BCUT2D eigenvalue weighted by Crippen LogP contribution is 2.48. The largest absolute Gasteiger partial charge is 0.495 e. The lowest BCUT2D eigenvalue weighted by atomic mass is 10.00. The number of fused-ring (bicyclic) bond motifs is 2. The van der Waals surface area contributed by atoms with Gasteiger partial charge in [0.2, 0.25) is 5.91 Å². The van der Waals surface area contributed by atoms with E-state index in [0.29, 0.717) is 91.8 Å². The summed E-state index contributed by atoms with van der Waals surface area (Å²) in [5.74, 6) is 3.88.